The van der Waals surface area contributed by atoms with Crippen LogP contribution in [0.15, 0.2) is 22.7 Å². The van der Waals surface area contributed by atoms with E-state index in [0.29, 0.717) is 18.3 Å². The molecule has 0 radical (unpaired) electrons. The lowest BCUT2D eigenvalue weighted by Crippen LogP contribution is -2.09. The van der Waals surface area contributed by atoms with E-state index in [-0.39, 0.29) is 0 Å². The summed E-state index contributed by atoms with van der Waals surface area (Å²) < 4.78 is 5.16. The summed E-state index contributed by atoms with van der Waals surface area (Å²) in [6.07, 6.45) is 0.767. The van der Waals surface area contributed by atoms with Crippen molar-refractivity contribution in [3.63, 3.8) is 0 Å². The Morgan fingerprint density at radius 2 is 2.00 bits per heavy atom. The lowest BCUT2D eigenvalue weighted by atomic mass is 10.1. The monoisotopic (exact) mass is 333 g/mol. The number of H-pyrrole nitrogens is 1. The molecule has 0 unspecified atom stereocenters. The molecule has 24 heavy (non-hydrogen) atoms. The van der Waals surface area contributed by atoms with Gasteiger partial charge in [-0.05, 0) is 31.7 Å². The number of aromatic amines is 1. The molecule has 0 saturated heterocycles. The van der Waals surface area contributed by atoms with E-state index < -0.39 is 11.9 Å². The number of hydrogen-bond donors (Lipinski definition) is 4. The predicted octanol–water partition coefficient (Wildman–Crippen LogP) is 0.578. The molecule has 0 bridgehead atoms. The molecule has 10 heteroatoms. The van der Waals surface area contributed by atoms with E-state index in [1.54, 1.807) is 6.92 Å². The van der Waals surface area contributed by atoms with Gasteiger partial charge in [0.1, 0.15) is 0 Å². The van der Waals surface area contributed by atoms with Crippen molar-refractivity contribution in [2.45, 2.75) is 13.3 Å². The number of aromatic nitrogens is 4. The van der Waals surface area contributed by atoms with E-state index in [1.165, 1.54) is 0 Å². The minimum atomic E-state index is -1.82. The fraction of sp³-hybridized carbons (Fsp3) is 0.214. The van der Waals surface area contributed by atoms with Crippen LogP contribution in [0, 0.1) is 6.92 Å². The Labute approximate surface area is 135 Å². The van der Waals surface area contributed by atoms with Gasteiger partial charge in [-0.1, -0.05) is 5.16 Å². The topological polar surface area (TPSA) is 168 Å². The summed E-state index contributed by atoms with van der Waals surface area (Å²) >= 11 is 0. The van der Waals surface area contributed by atoms with E-state index in [4.69, 9.17) is 30.1 Å². The van der Waals surface area contributed by atoms with Crippen LogP contribution in [-0.4, -0.2) is 49.0 Å². The van der Waals surface area contributed by atoms with Crippen molar-refractivity contribution >= 4 is 22.8 Å². The minimum Gasteiger partial charge on any atom is -0.473 e. The van der Waals surface area contributed by atoms with Gasteiger partial charge < -0.3 is 20.5 Å². The summed E-state index contributed by atoms with van der Waals surface area (Å²) in [5.41, 5.74) is 8.41. The maximum absolute atomic E-state index is 9.10. The van der Waals surface area contributed by atoms with Crippen molar-refractivity contribution in [1.82, 2.24) is 20.3 Å². The molecule has 0 aliphatic rings. The molecule has 0 aliphatic carbocycles. The molecule has 2 aromatic heterocycles. The molecule has 1 aromatic carbocycles. The molecule has 0 fully saturated rings. The second kappa shape index (κ2) is 7.33. The molecule has 3 rings (SSSR count). The number of fused-ring (bicyclic) bond motifs is 1. The number of carbonyl (C=O) groups is 2. The van der Waals surface area contributed by atoms with Crippen molar-refractivity contribution < 1.29 is 24.3 Å². The number of aliphatic carboxylic acids is 2. The fourth-order valence-corrected chi connectivity index (χ4v) is 1.95. The van der Waals surface area contributed by atoms with Gasteiger partial charge in [-0.25, -0.2) is 9.59 Å². The quantitative estimate of drug-likeness (QED) is 0.501. The van der Waals surface area contributed by atoms with Crippen LogP contribution in [0.25, 0.3) is 22.4 Å². The maximum atomic E-state index is 9.10. The zero-order valence-corrected chi connectivity index (χ0v) is 12.7. The smallest absolute Gasteiger partial charge is 0.414 e. The first-order valence-corrected chi connectivity index (χ1v) is 6.86. The van der Waals surface area contributed by atoms with Crippen molar-refractivity contribution in [2.75, 3.05) is 6.54 Å². The summed E-state index contributed by atoms with van der Waals surface area (Å²) in [4.78, 5) is 22.4. The third kappa shape index (κ3) is 3.93. The third-order valence-electron chi connectivity index (χ3n) is 2.98. The number of nitrogens with two attached hydrogens (primary N) is 1. The summed E-state index contributed by atoms with van der Waals surface area (Å²) in [6, 6.07) is 5.85. The first-order valence-electron chi connectivity index (χ1n) is 6.86. The largest absolute Gasteiger partial charge is 0.473 e. The van der Waals surface area contributed by atoms with E-state index >= 15 is 0 Å². The van der Waals surface area contributed by atoms with E-state index in [1.807, 2.05) is 18.2 Å². The van der Waals surface area contributed by atoms with E-state index in [9.17, 15) is 0 Å². The van der Waals surface area contributed by atoms with Gasteiger partial charge in [0, 0.05) is 23.1 Å². The number of aryl methyl sites for hydroxylation is 1. The van der Waals surface area contributed by atoms with Gasteiger partial charge in [0.25, 0.3) is 5.89 Å². The Hall–Kier alpha value is -3.27. The average Bonchev–Trinajstić information content (AvgIpc) is 3.14. The van der Waals surface area contributed by atoms with Gasteiger partial charge in [0.05, 0.1) is 5.52 Å². The van der Waals surface area contributed by atoms with Crippen LogP contribution in [-0.2, 0) is 16.0 Å². The van der Waals surface area contributed by atoms with Gasteiger partial charge in [-0.15, -0.1) is 0 Å². The van der Waals surface area contributed by atoms with Crippen molar-refractivity contribution in [3.8, 4) is 11.5 Å². The van der Waals surface area contributed by atoms with E-state index in [2.05, 4.69) is 20.3 Å². The molecule has 126 valence electrons. The molecule has 0 atom stereocenters. The Balaban J connectivity index is 0.000000301. The SMILES string of the molecule is Cc1noc(-c2ccc3n[nH]c(CCN)c3c2)n1.O=C(O)C(=O)O. The molecule has 10 nitrogen and oxygen atoms in total. The van der Waals surface area contributed by atoms with Crippen LogP contribution >= 0.6 is 0 Å². The summed E-state index contributed by atoms with van der Waals surface area (Å²) in [6.45, 7) is 2.38. The van der Waals surface area contributed by atoms with Crippen LogP contribution in [0.5, 0.6) is 0 Å². The van der Waals surface area contributed by atoms with E-state index in [0.717, 1.165) is 28.6 Å². The van der Waals surface area contributed by atoms with Crippen LogP contribution in [0.2, 0.25) is 0 Å². The van der Waals surface area contributed by atoms with Crippen LogP contribution in [0.3, 0.4) is 0 Å². The highest BCUT2D eigenvalue weighted by molar-refractivity contribution is 6.27. The maximum Gasteiger partial charge on any atom is 0.414 e. The molecule has 5 N–H and O–H groups in total. The summed E-state index contributed by atoms with van der Waals surface area (Å²) in [7, 11) is 0. The minimum absolute atomic E-state index is 0.522. The standard InChI is InChI=1S/C12H13N5O.C2H2O4/c1-7-14-12(18-17-7)8-2-3-10-9(6-8)11(4-5-13)16-15-10;3-1(4)2(5)6/h2-3,6H,4-5,13H2,1H3,(H,15,16);(H,3,4)(H,5,6). The lowest BCUT2D eigenvalue weighted by Gasteiger charge is -1.97. The number of benzene rings is 1. The molecular formula is C14H15N5O5. The van der Waals surface area contributed by atoms with Gasteiger partial charge >= 0.3 is 11.9 Å². The van der Waals surface area contributed by atoms with Gasteiger partial charge in [0.2, 0.25) is 0 Å². The Morgan fingerprint density at radius 1 is 1.29 bits per heavy atom. The highest BCUT2D eigenvalue weighted by Gasteiger charge is 2.10. The normalized spacial score (nSPS) is 10.2. The zero-order chi connectivity index (χ0) is 17.7. The number of nitrogens with zero attached hydrogens (tertiary/aromatic N) is 3. The predicted molar refractivity (Wildman–Crippen MR) is 82.2 cm³/mol. The molecule has 2 heterocycles. The highest BCUT2D eigenvalue weighted by atomic mass is 16.5. The second-order valence-corrected chi connectivity index (χ2v) is 4.73. The first-order chi connectivity index (χ1) is 11.4. The van der Waals surface area contributed by atoms with Gasteiger partial charge in [-0.2, -0.15) is 10.1 Å². The lowest BCUT2D eigenvalue weighted by molar-refractivity contribution is -0.159. The fourth-order valence-electron chi connectivity index (χ4n) is 1.95. The van der Waals surface area contributed by atoms with Crippen molar-refractivity contribution in [3.05, 3.63) is 29.7 Å². The number of nitrogens with one attached hydrogen (secondary N) is 1. The molecule has 0 spiro atoms. The average molecular weight is 333 g/mol. The van der Waals surface area contributed by atoms with Gasteiger partial charge in [0.15, 0.2) is 5.82 Å². The number of carboxylic acids is 2. The first kappa shape index (κ1) is 17.1. The van der Waals surface area contributed by atoms with Crippen LogP contribution < -0.4 is 5.73 Å². The number of rotatable bonds is 3. The number of carboxylic acid groups (broad SMARTS) is 2. The molecule has 3 aromatic rings. The van der Waals surface area contributed by atoms with Crippen LogP contribution in [0.4, 0.5) is 0 Å². The zero-order valence-electron chi connectivity index (χ0n) is 12.7. The third-order valence-corrected chi connectivity index (χ3v) is 2.98. The second-order valence-electron chi connectivity index (χ2n) is 4.73. The molecule has 0 saturated carbocycles. The Kier molecular flexibility index (Phi) is 5.22. The van der Waals surface area contributed by atoms with Crippen molar-refractivity contribution in [2.24, 2.45) is 5.73 Å². The summed E-state index contributed by atoms with van der Waals surface area (Å²) in [5, 5.41) is 26.9. The van der Waals surface area contributed by atoms with Gasteiger partial charge in [-0.3, -0.25) is 5.10 Å². The van der Waals surface area contributed by atoms with Crippen LogP contribution in [0.1, 0.15) is 11.5 Å². The molecular weight excluding hydrogens is 318 g/mol. The Bertz CT molecular complexity index is 857. The molecule has 0 amide bonds. The number of hydrogen-bond acceptors (Lipinski definition) is 7. The van der Waals surface area contributed by atoms with Crippen molar-refractivity contribution in [1.29, 1.82) is 0 Å². The highest BCUT2D eigenvalue weighted by Crippen LogP contribution is 2.24. The summed E-state index contributed by atoms with van der Waals surface area (Å²) in [5.74, 6) is -2.50. The Morgan fingerprint density at radius 3 is 2.54 bits per heavy atom. The molecule has 0 aliphatic heterocycles.